The van der Waals surface area contributed by atoms with E-state index in [1.165, 1.54) is 18.3 Å². The number of phenols is 1. The summed E-state index contributed by atoms with van der Waals surface area (Å²) in [5.74, 6) is -0.125. The highest BCUT2D eigenvalue weighted by Crippen LogP contribution is 2.35. The third-order valence-electron chi connectivity index (χ3n) is 2.43. The molecule has 0 spiro atoms. The summed E-state index contributed by atoms with van der Waals surface area (Å²) >= 11 is 1.33. The van der Waals surface area contributed by atoms with Crippen molar-refractivity contribution in [1.82, 2.24) is 4.98 Å². The van der Waals surface area contributed by atoms with E-state index < -0.39 is 0 Å². The Hall–Kier alpha value is -1.88. The Morgan fingerprint density at radius 1 is 1.39 bits per heavy atom. The van der Waals surface area contributed by atoms with Crippen molar-refractivity contribution in [3.05, 3.63) is 29.5 Å². The Kier molecular flexibility index (Phi) is 3.34. The summed E-state index contributed by atoms with van der Waals surface area (Å²) in [5.41, 5.74) is 2.55. The van der Waals surface area contributed by atoms with Crippen LogP contribution in [0.3, 0.4) is 0 Å². The van der Waals surface area contributed by atoms with Crippen molar-refractivity contribution in [2.24, 2.45) is 0 Å². The Labute approximate surface area is 109 Å². The van der Waals surface area contributed by atoms with E-state index in [0.29, 0.717) is 10.8 Å². The summed E-state index contributed by atoms with van der Waals surface area (Å²) in [4.78, 5) is 15.3. The summed E-state index contributed by atoms with van der Waals surface area (Å²) in [5, 5.41) is 10.7. The zero-order valence-electron chi connectivity index (χ0n) is 10.4. The van der Waals surface area contributed by atoms with E-state index in [4.69, 9.17) is 4.74 Å². The first-order valence-electron chi connectivity index (χ1n) is 5.43. The molecule has 0 radical (unpaired) electrons. The van der Waals surface area contributed by atoms with Crippen LogP contribution in [0, 0.1) is 13.8 Å². The van der Waals surface area contributed by atoms with E-state index in [9.17, 15) is 9.90 Å². The third kappa shape index (κ3) is 2.51. The molecule has 0 amide bonds. The van der Waals surface area contributed by atoms with Crippen molar-refractivity contribution >= 4 is 17.3 Å². The standard InChI is InChI=1S/C13H13NO3S/c1-7-6-10(16)4-5-11(7)12-14-8(2)13(18-12)17-9(3)15/h4-6,16H,1-3H3. The molecule has 0 fully saturated rings. The first-order valence-corrected chi connectivity index (χ1v) is 6.25. The lowest BCUT2D eigenvalue weighted by atomic mass is 10.1. The van der Waals surface area contributed by atoms with Crippen LogP contribution in [0.5, 0.6) is 10.8 Å². The molecule has 2 rings (SSSR count). The van der Waals surface area contributed by atoms with Gasteiger partial charge in [-0.05, 0) is 37.6 Å². The highest BCUT2D eigenvalue weighted by Gasteiger charge is 2.13. The van der Waals surface area contributed by atoms with Crippen molar-refractivity contribution in [3.8, 4) is 21.4 Å². The molecule has 0 aliphatic carbocycles. The summed E-state index contributed by atoms with van der Waals surface area (Å²) in [6.45, 7) is 5.07. The second-order valence-electron chi connectivity index (χ2n) is 3.98. The molecular formula is C13H13NO3S. The number of hydrogen-bond acceptors (Lipinski definition) is 5. The number of aryl methyl sites for hydroxylation is 2. The van der Waals surface area contributed by atoms with Crippen molar-refractivity contribution in [3.63, 3.8) is 0 Å². The van der Waals surface area contributed by atoms with Crippen molar-refractivity contribution in [1.29, 1.82) is 0 Å². The largest absolute Gasteiger partial charge is 0.508 e. The first-order chi connectivity index (χ1) is 8.47. The minimum absolute atomic E-state index is 0.227. The van der Waals surface area contributed by atoms with Crippen LogP contribution in [-0.2, 0) is 4.79 Å². The molecular weight excluding hydrogens is 250 g/mol. The number of esters is 1. The molecule has 0 saturated carbocycles. The molecule has 4 nitrogen and oxygen atoms in total. The van der Waals surface area contributed by atoms with Crippen LogP contribution in [0.25, 0.3) is 10.6 Å². The van der Waals surface area contributed by atoms with Gasteiger partial charge in [0.1, 0.15) is 10.8 Å². The average Bonchev–Trinajstić information content (AvgIpc) is 2.59. The fourth-order valence-corrected chi connectivity index (χ4v) is 2.66. The third-order valence-corrected chi connectivity index (χ3v) is 3.50. The first kappa shape index (κ1) is 12.6. The van der Waals surface area contributed by atoms with E-state index in [0.717, 1.165) is 16.1 Å². The van der Waals surface area contributed by atoms with E-state index in [-0.39, 0.29) is 11.7 Å². The number of nitrogens with zero attached hydrogens (tertiary/aromatic N) is 1. The molecule has 18 heavy (non-hydrogen) atoms. The molecule has 0 bridgehead atoms. The van der Waals surface area contributed by atoms with Gasteiger partial charge in [0.15, 0.2) is 0 Å². The van der Waals surface area contributed by atoms with Crippen molar-refractivity contribution in [2.75, 3.05) is 0 Å². The van der Waals surface area contributed by atoms with E-state index in [1.54, 1.807) is 25.1 Å². The van der Waals surface area contributed by atoms with Crippen LogP contribution in [0.2, 0.25) is 0 Å². The Bertz CT molecular complexity index is 604. The maximum atomic E-state index is 10.9. The number of carbonyl (C=O) groups is 1. The zero-order chi connectivity index (χ0) is 13.3. The molecule has 2 aromatic rings. The molecule has 0 unspecified atom stereocenters. The summed E-state index contributed by atoms with van der Waals surface area (Å²) in [6.07, 6.45) is 0. The molecule has 5 heteroatoms. The SMILES string of the molecule is CC(=O)Oc1sc(-c2ccc(O)cc2C)nc1C. The monoisotopic (exact) mass is 263 g/mol. The molecule has 1 aromatic heterocycles. The lowest BCUT2D eigenvalue weighted by Crippen LogP contribution is -2.00. The molecule has 0 aliphatic heterocycles. The number of benzene rings is 1. The van der Waals surface area contributed by atoms with E-state index >= 15 is 0 Å². The number of carbonyl (C=O) groups excluding carboxylic acids is 1. The second kappa shape index (κ2) is 4.78. The Balaban J connectivity index is 2.42. The number of ether oxygens (including phenoxy) is 1. The minimum Gasteiger partial charge on any atom is -0.508 e. The maximum Gasteiger partial charge on any atom is 0.308 e. The van der Waals surface area contributed by atoms with Gasteiger partial charge < -0.3 is 9.84 Å². The van der Waals surface area contributed by atoms with Gasteiger partial charge in [-0.1, -0.05) is 11.3 Å². The average molecular weight is 263 g/mol. The van der Waals surface area contributed by atoms with Crippen LogP contribution < -0.4 is 4.74 Å². The number of rotatable bonds is 2. The Morgan fingerprint density at radius 3 is 2.72 bits per heavy atom. The van der Waals surface area contributed by atoms with Gasteiger partial charge in [0, 0.05) is 12.5 Å². The normalized spacial score (nSPS) is 10.4. The Morgan fingerprint density at radius 2 is 2.11 bits per heavy atom. The van der Waals surface area contributed by atoms with E-state index in [1.807, 2.05) is 6.92 Å². The van der Waals surface area contributed by atoms with Gasteiger partial charge in [-0.3, -0.25) is 4.79 Å². The molecule has 1 heterocycles. The quantitative estimate of drug-likeness (QED) is 0.846. The fraction of sp³-hybridized carbons (Fsp3) is 0.231. The molecule has 0 saturated heterocycles. The van der Waals surface area contributed by atoms with Crippen LogP contribution >= 0.6 is 11.3 Å². The summed E-state index contributed by atoms with van der Waals surface area (Å²) in [6, 6.07) is 5.10. The van der Waals surface area contributed by atoms with Crippen LogP contribution in [-0.4, -0.2) is 16.1 Å². The molecule has 0 atom stereocenters. The summed E-state index contributed by atoms with van der Waals surface area (Å²) in [7, 11) is 0. The lowest BCUT2D eigenvalue weighted by Gasteiger charge is -2.02. The van der Waals surface area contributed by atoms with Gasteiger partial charge in [0.25, 0.3) is 0 Å². The van der Waals surface area contributed by atoms with Gasteiger partial charge in [0.2, 0.25) is 5.06 Å². The van der Waals surface area contributed by atoms with Crippen LogP contribution in [0.1, 0.15) is 18.2 Å². The molecule has 1 N–H and O–H groups in total. The van der Waals surface area contributed by atoms with Gasteiger partial charge in [0.05, 0.1) is 5.69 Å². The number of aromatic hydroxyl groups is 1. The number of phenolic OH excluding ortho intramolecular Hbond substituents is 1. The topological polar surface area (TPSA) is 59.4 Å². The maximum absolute atomic E-state index is 10.9. The molecule has 0 aliphatic rings. The predicted molar refractivity (Wildman–Crippen MR) is 70.0 cm³/mol. The van der Waals surface area contributed by atoms with Gasteiger partial charge in [-0.25, -0.2) is 4.98 Å². The molecule has 94 valence electrons. The fourth-order valence-electron chi connectivity index (χ4n) is 1.61. The van der Waals surface area contributed by atoms with Gasteiger partial charge in [-0.2, -0.15) is 0 Å². The highest BCUT2D eigenvalue weighted by molar-refractivity contribution is 7.17. The minimum atomic E-state index is -0.351. The highest BCUT2D eigenvalue weighted by atomic mass is 32.1. The van der Waals surface area contributed by atoms with Gasteiger partial charge >= 0.3 is 5.97 Å². The van der Waals surface area contributed by atoms with Crippen molar-refractivity contribution < 1.29 is 14.6 Å². The van der Waals surface area contributed by atoms with Crippen LogP contribution in [0.15, 0.2) is 18.2 Å². The summed E-state index contributed by atoms with van der Waals surface area (Å²) < 4.78 is 5.08. The van der Waals surface area contributed by atoms with Crippen molar-refractivity contribution in [2.45, 2.75) is 20.8 Å². The predicted octanol–water partition coefficient (Wildman–Crippen LogP) is 3.06. The zero-order valence-corrected chi connectivity index (χ0v) is 11.2. The lowest BCUT2D eigenvalue weighted by molar-refractivity contribution is -0.131. The number of hydrogen-bond donors (Lipinski definition) is 1. The second-order valence-corrected chi connectivity index (χ2v) is 4.95. The van der Waals surface area contributed by atoms with E-state index in [2.05, 4.69) is 4.98 Å². The van der Waals surface area contributed by atoms with Crippen LogP contribution in [0.4, 0.5) is 0 Å². The molecule has 1 aromatic carbocycles. The number of aromatic nitrogens is 1. The smallest absolute Gasteiger partial charge is 0.308 e. The van der Waals surface area contributed by atoms with Gasteiger partial charge in [-0.15, -0.1) is 0 Å². The number of thiazole rings is 1.